The first-order valence-electron chi connectivity index (χ1n) is 3.90. The Balaban J connectivity index is 2.56. The van der Waals surface area contributed by atoms with Crippen LogP contribution in [0.3, 0.4) is 0 Å². The van der Waals surface area contributed by atoms with E-state index in [1.54, 1.807) is 6.07 Å². The topological polar surface area (TPSA) is 45.1 Å². The summed E-state index contributed by atoms with van der Waals surface area (Å²) < 4.78 is 0. The van der Waals surface area contributed by atoms with Crippen LogP contribution in [0.25, 0.3) is 0 Å². The maximum absolute atomic E-state index is 8.54. The Bertz CT molecular complexity index is 281. The van der Waals surface area contributed by atoms with E-state index in [0.717, 1.165) is 0 Å². The molecule has 0 amide bonds. The Morgan fingerprint density at radius 2 is 2.23 bits per heavy atom. The summed E-state index contributed by atoms with van der Waals surface area (Å²) in [5.41, 5.74) is 0. The van der Waals surface area contributed by atoms with Gasteiger partial charge in [-0.05, 0) is 12.5 Å². The molecule has 1 aromatic rings. The number of halogens is 2. The lowest BCUT2D eigenvalue weighted by Crippen LogP contribution is -2.05. The molecule has 13 heavy (non-hydrogen) atoms. The van der Waals surface area contributed by atoms with Crippen molar-refractivity contribution in [3.63, 3.8) is 0 Å². The Morgan fingerprint density at radius 3 is 2.85 bits per heavy atom. The number of hydrogen-bond donors (Lipinski definition) is 2. The molecule has 5 heteroatoms. The van der Waals surface area contributed by atoms with Crippen molar-refractivity contribution in [1.82, 2.24) is 4.98 Å². The lowest BCUT2D eigenvalue weighted by molar-refractivity contribution is 0.292. The van der Waals surface area contributed by atoms with Crippen LogP contribution in [0.2, 0.25) is 10.0 Å². The van der Waals surface area contributed by atoms with Gasteiger partial charge in [0.1, 0.15) is 5.82 Å². The molecule has 2 N–H and O–H groups in total. The first-order valence-corrected chi connectivity index (χ1v) is 4.65. The molecule has 1 heterocycles. The lowest BCUT2D eigenvalue weighted by Gasteiger charge is -2.05. The number of aromatic nitrogens is 1. The highest BCUT2D eigenvalue weighted by Gasteiger charge is 2.00. The third-order valence-corrected chi connectivity index (χ3v) is 1.93. The van der Waals surface area contributed by atoms with Crippen LogP contribution in [0.1, 0.15) is 6.42 Å². The van der Waals surface area contributed by atoms with Gasteiger partial charge in [-0.1, -0.05) is 23.2 Å². The van der Waals surface area contributed by atoms with Crippen LogP contribution in [-0.4, -0.2) is 23.2 Å². The van der Waals surface area contributed by atoms with Crippen molar-refractivity contribution < 1.29 is 5.11 Å². The van der Waals surface area contributed by atoms with Crippen molar-refractivity contribution in [2.75, 3.05) is 18.5 Å². The summed E-state index contributed by atoms with van der Waals surface area (Å²) in [6.07, 6.45) is 2.19. The Hall–Kier alpha value is -0.510. The Morgan fingerprint density at radius 1 is 1.46 bits per heavy atom. The second-order valence-corrected chi connectivity index (χ2v) is 3.33. The summed E-state index contributed by atoms with van der Waals surface area (Å²) in [5.74, 6) is 0.597. The summed E-state index contributed by atoms with van der Waals surface area (Å²) in [7, 11) is 0. The zero-order valence-corrected chi connectivity index (χ0v) is 8.44. The molecule has 0 saturated carbocycles. The van der Waals surface area contributed by atoms with Crippen LogP contribution in [-0.2, 0) is 0 Å². The summed E-state index contributed by atoms with van der Waals surface area (Å²) in [5, 5.41) is 12.5. The van der Waals surface area contributed by atoms with Gasteiger partial charge in [0.25, 0.3) is 0 Å². The quantitative estimate of drug-likeness (QED) is 0.766. The highest BCUT2D eigenvalue weighted by molar-refractivity contribution is 6.35. The zero-order chi connectivity index (χ0) is 9.68. The molecule has 0 spiro atoms. The van der Waals surface area contributed by atoms with Gasteiger partial charge >= 0.3 is 0 Å². The molecule has 0 atom stereocenters. The smallest absolute Gasteiger partial charge is 0.144 e. The minimum Gasteiger partial charge on any atom is -0.396 e. The maximum Gasteiger partial charge on any atom is 0.144 e. The number of pyridine rings is 1. The molecule has 0 aliphatic carbocycles. The highest BCUT2D eigenvalue weighted by Crippen LogP contribution is 2.22. The minimum absolute atomic E-state index is 0.151. The number of anilines is 1. The molecule has 72 valence electrons. The number of nitrogens with one attached hydrogen (secondary N) is 1. The van der Waals surface area contributed by atoms with E-state index in [1.165, 1.54) is 6.20 Å². The van der Waals surface area contributed by atoms with Gasteiger partial charge in [-0.3, -0.25) is 0 Å². The average molecular weight is 221 g/mol. The molecular weight excluding hydrogens is 211 g/mol. The van der Waals surface area contributed by atoms with Gasteiger partial charge in [0.15, 0.2) is 0 Å². The molecule has 0 fully saturated rings. The van der Waals surface area contributed by atoms with E-state index >= 15 is 0 Å². The van der Waals surface area contributed by atoms with E-state index in [-0.39, 0.29) is 6.61 Å². The fourth-order valence-corrected chi connectivity index (χ4v) is 1.28. The SMILES string of the molecule is OCCCNc1ncc(Cl)cc1Cl. The molecule has 0 radical (unpaired) electrons. The van der Waals surface area contributed by atoms with Crippen molar-refractivity contribution in [3.8, 4) is 0 Å². The van der Waals surface area contributed by atoms with Crippen LogP contribution < -0.4 is 5.32 Å². The lowest BCUT2D eigenvalue weighted by atomic mass is 10.4. The number of hydrogen-bond acceptors (Lipinski definition) is 3. The monoisotopic (exact) mass is 220 g/mol. The van der Waals surface area contributed by atoms with Crippen molar-refractivity contribution in [2.24, 2.45) is 0 Å². The second-order valence-electron chi connectivity index (χ2n) is 2.49. The molecule has 1 aromatic heterocycles. The van der Waals surface area contributed by atoms with Crippen LogP contribution in [0.15, 0.2) is 12.3 Å². The van der Waals surface area contributed by atoms with Gasteiger partial charge in [-0.15, -0.1) is 0 Å². The average Bonchev–Trinajstić information content (AvgIpc) is 2.09. The first kappa shape index (κ1) is 10.6. The molecule has 0 aromatic carbocycles. The van der Waals surface area contributed by atoms with E-state index in [4.69, 9.17) is 28.3 Å². The second kappa shape index (κ2) is 5.27. The molecular formula is C8H10Cl2N2O. The maximum atomic E-state index is 8.54. The molecule has 0 bridgehead atoms. The standard InChI is InChI=1S/C8H10Cl2N2O/c9-6-4-7(10)8(12-5-6)11-2-1-3-13/h4-5,13H,1-3H2,(H,11,12). The zero-order valence-electron chi connectivity index (χ0n) is 6.93. The number of nitrogens with zero attached hydrogens (tertiary/aromatic N) is 1. The third kappa shape index (κ3) is 3.38. The van der Waals surface area contributed by atoms with Crippen LogP contribution in [0, 0.1) is 0 Å². The predicted molar refractivity (Wildman–Crippen MR) is 54.4 cm³/mol. The van der Waals surface area contributed by atoms with Crippen LogP contribution in [0.4, 0.5) is 5.82 Å². The van der Waals surface area contributed by atoms with Gasteiger partial charge < -0.3 is 10.4 Å². The van der Waals surface area contributed by atoms with Crippen molar-refractivity contribution in [2.45, 2.75) is 6.42 Å². The molecule has 0 saturated heterocycles. The van der Waals surface area contributed by atoms with Crippen molar-refractivity contribution in [1.29, 1.82) is 0 Å². The van der Waals surface area contributed by atoms with Crippen molar-refractivity contribution in [3.05, 3.63) is 22.3 Å². The molecule has 0 unspecified atom stereocenters. The van der Waals surface area contributed by atoms with Gasteiger partial charge in [0, 0.05) is 19.3 Å². The van der Waals surface area contributed by atoms with Gasteiger partial charge in [0.2, 0.25) is 0 Å². The van der Waals surface area contributed by atoms with E-state index in [9.17, 15) is 0 Å². The van der Waals surface area contributed by atoms with Gasteiger partial charge in [-0.25, -0.2) is 4.98 Å². The van der Waals surface area contributed by atoms with Crippen LogP contribution >= 0.6 is 23.2 Å². The molecule has 1 rings (SSSR count). The summed E-state index contributed by atoms with van der Waals surface area (Å²) in [6.45, 7) is 0.795. The number of rotatable bonds is 4. The third-order valence-electron chi connectivity index (χ3n) is 1.44. The van der Waals surface area contributed by atoms with Gasteiger partial charge in [-0.2, -0.15) is 0 Å². The first-order chi connectivity index (χ1) is 6.24. The van der Waals surface area contributed by atoms with Crippen LogP contribution in [0.5, 0.6) is 0 Å². The van der Waals surface area contributed by atoms with E-state index < -0.39 is 0 Å². The summed E-state index contributed by atoms with van der Waals surface area (Å²) >= 11 is 11.5. The molecule has 3 nitrogen and oxygen atoms in total. The molecule has 0 aliphatic rings. The fraction of sp³-hybridized carbons (Fsp3) is 0.375. The normalized spacial score (nSPS) is 10.1. The van der Waals surface area contributed by atoms with E-state index in [2.05, 4.69) is 10.3 Å². The molecule has 0 aliphatic heterocycles. The van der Waals surface area contributed by atoms with E-state index in [1.807, 2.05) is 0 Å². The Labute approximate surface area is 86.7 Å². The highest BCUT2D eigenvalue weighted by atomic mass is 35.5. The summed E-state index contributed by atoms with van der Waals surface area (Å²) in [6, 6.07) is 1.62. The van der Waals surface area contributed by atoms with E-state index in [0.29, 0.717) is 28.8 Å². The number of aliphatic hydroxyl groups is 1. The minimum atomic E-state index is 0.151. The fourth-order valence-electron chi connectivity index (χ4n) is 0.830. The summed E-state index contributed by atoms with van der Waals surface area (Å²) in [4.78, 5) is 3.99. The largest absolute Gasteiger partial charge is 0.396 e. The van der Waals surface area contributed by atoms with Crippen molar-refractivity contribution >= 4 is 29.0 Å². The number of aliphatic hydroxyl groups excluding tert-OH is 1. The Kier molecular flexibility index (Phi) is 4.28. The predicted octanol–water partition coefficient (Wildman–Crippen LogP) is 2.18. The van der Waals surface area contributed by atoms with Gasteiger partial charge in [0.05, 0.1) is 10.0 Å².